The second-order valence-corrected chi connectivity index (χ2v) is 2.82. The third kappa shape index (κ3) is 2.17. The fraction of sp³-hybridized carbons (Fsp3) is 0.125. The zero-order chi connectivity index (χ0) is 10.0. The van der Waals surface area contributed by atoms with Crippen LogP contribution in [0.2, 0.25) is 5.02 Å². The lowest BCUT2D eigenvalue weighted by atomic mass is 10.1. The number of carboxylic acids is 1. The molecule has 0 bridgehead atoms. The van der Waals surface area contributed by atoms with Gasteiger partial charge in [0.25, 0.3) is 0 Å². The number of rotatable bonds is 2. The lowest BCUT2D eigenvalue weighted by Gasteiger charge is -2.05. The molecule has 0 saturated heterocycles. The van der Waals surface area contributed by atoms with Crippen LogP contribution in [0.25, 0.3) is 0 Å². The van der Waals surface area contributed by atoms with E-state index < -0.39 is 17.9 Å². The van der Waals surface area contributed by atoms with Gasteiger partial charge in [-0.3, -0.25) is 0 Å². The molecule has 1 aromatic carbocycles. The monoisotopic (exact) mass is 204 g/mol. The van der Waals surface area contributed by atoms with Gasteiger partial charge in [-0.2, -0.15) is 0 Å². The van der Waals surface area contributed by atoms with Gasteiger partial charge in [0.15, 0.2) is 6.10 Å². The first-order valence-electron chi connectivity index (χ1n) is 3.38. The quantitative estimate of drug-likeness (QED) is 0.769. The summed E-state index contributed by atoms with van der Waals surface area (Å²) in [6.07, 6.45) is -1.67. The highest BCUT2D eigenvalue weighted by atomic mass is 35.5. The van der Waals surface area contributed by atoms with E-state index in [9.17, 15) is 9.18 Å². The molecule has 5 heteroatoms. The van der Waals surface area contributed by atoms with E-state index in [-0.39, 0.29) is 10.6 Å². The Bertz CT molecular complexity index is 340. The van der Waals surface area contributed by atoms with Crippen LogP contribution >= 0.6 is 11.6 Å². The largest absolute Gasteiger partial charge is 0.479 e. The van der Waals surface area contributed by atoms with E-state index in [4.69, 9.17) is 21.8 Å². The Labute approximate surface area is 78.4 Å². The van der Waals surface area contributed by atoms with E-state index in [1.54, 1.807) is 0 Å². The summed E-state index contributed by atoms with van der Waals surface area (Å²) in [5.41, 5.74) is 0.0545. The van der Waals surface area contributed by atoms with Gasteiger partial charge in [-0.25, -0.2) is 9.18 Å². The molecule has 3 nitrogen and oxygen atoms in total. The third-order valence-electron chi connectivity index (χ3n) is 1.49. The van der Waals surface area contributed by atoms with E-state index in [1.807, 2.05) is 0 Å². The van der Waals surface area contributed by atoms with Crippen molar-refractivity contribution in [1.82, 2.24) is 0 Å². The third-order valence-corrected chi connectivity index (χ3v) is 1.78. The van der Waals surface area contributed by atoms with Crippen molar-refractivity contribution in [3.05, 3.63) is 34.6 Å². The molecular weight excluding hydrogens is 199 g/mol. The second-order valence-electron chi connectivity index (χ2n) is 2.41. The van der Waals surface area contributed by atoms with Crippen molar-refractivity contribution in [3.8, 4) is 0 Å². The second kappa shape index (κ2) is 3.72. The minimum Gasteiger partial charge on any atom is -0.479 e. The number of carboxylic acid groups (broad SMARTS) is 1. The zero-order valence-corrected chi connectivity index (χ0v) is 7.12. The topological polar surface area (TPSA) is 57.5 Å². The van der Waals surface area contributed by atoms with Gasteiger partial charge in [-0.15, -0.1) is 0 Å². The SMILES string of the molecule is O=C(O)[C@@H](O)c1ccc(F)c(Cl)c1. The number of carbonyl (C=O) groups is 1. The Kier molecular flexibility index (Phi) is 2.85. The predicted octanol–water partition coefficient (Wildman–Crippen LogP) is 1.60. The highest BCUT2D eigenvalue weighted by Gasteiger charge is 2.16. The maximum absolute atomic E-state index is 12.6. The molecule has 0 unspecified atom stereocenters. The van der Waals surface area contributed by atoms with E-state index in [0.29, 0.717) is 0 Å². The molecule has 1 aromatic rings. The highest BCUT2D eigenvalue weighted by Crippen LogP contribution is 2.20. The van der Waals surface area contributed by atoms with Gasteiger partial charge >= 0.3 is 5.97 Å². The zero-order valence-electron chi connectivity index (χ0n) is 6.37. The first-order chi connectivity index (χ1) is 6.02. The van der Waals surface area contributed by atoms with Gasteiger partial charge in [0.05, 0.1) is 5.02 Å². The van der Waals surface area contributed by atoms with Gasteiger partial charge in [-0.05, 0) is 17.7 Å². The van der Waals surface area contributed by atoms with Gasteiger partial charge < -0.3 is 10.2 Å². The van der Waals surface area contributed by atoms with Crippen LogP contribution in [0.15, 0.2) is 18.2 Å². The maximum Gasteiger partial charge on any atom is 0.337 e. The van der Waals surface area contributed by atoms with Crippen LogP contribution in [0.1, 0.15) is 11.7 Å². The first-order valence-corrected chi connectivity index (χ1v) is 3.76. The fourth-order valence-corrected chi connectivity index (χ4v) is 1.01. The van der Waals surface area contributed by atoms with Crippen molar-refractivity contribution in [2.24, 2.45) is 0 Å². The molecule has 0 aliphatic rings. The Morgan fingerprint density at radius 2 is 2.15 bits per heavy atom. The summed E-state index contributed by atoms with van der Waals surface area (Å²) < 4.78 is 12.6. The standard InChI is InChI=1S/C8H6ClFO3/c9-5-3-4(1-2-6(5)10)7(11)8(12)13/h1-3,7,11H,(H,12,13)/t7-/m0/s1. The summed E-state index contributed by atoms with van der Waals surface area (Å²) in [5, 5.41) is 17.2. The molecule has 2 N–H and O–H groups in total. The van der Waals surface area contributed by atoms with E-state index in [1.165, 1.54) is 6.07 Å². The molecule has 0 heterocycles. The van der Waals surface area contributed by atoms with Crippen LogP contribution in [0.5, 0.6) is 0 Å². The molecule has 13 heavy (non-hydrogen) atoms. The molecule has 0 spiro atoms. The van der Waals surface area contributed by atoms with Crippen molar-refractivity contribution in [3.63, 3.8) is 0 Å². The van der Waals surface area contributed by atoms with Gasteiger partial charge in [0, 0.05) is 0 Å². The molecule has 0 aliphatic heterocycles. The number of aliphatic hydroxyl groups excluding tert-OH is 1. The minimum atomic E-state index is -1.67. The van der Waals surface area contributed by atoms with Crippen LogP contribution < -0.4 is 0 Å². The van der Waals surface area contributed by atoms with Crippen molar-refractivity contribution in [1.29, 1.82) is 0 Å². The predicted molar refractivity (Wildman–Crippen MR) is 44.0 cm³/mol. The van der Waals surface area contributed by atoms with Gasteiger partial charge in [0.2, 0.25) is 0 Å². The number of aliphatic carboxylic acids is 1. The van der Waals surface area contributed by atoms with Crippen molar-refractivity contribution in [2.75, 3.05) is 0 Å². The number of aliphatic hydroxyl groups is 1. The summed E-state index contributed by atoms with van der Waals surface area (Å²) >= 11 is 5.38. The van der Waals surface area contributed by atoms with Crippen LogP contribution in [0, 0.1) is 5.82 Å². The number of hydrogen-bond acceptors (Lipinski definition) is 2. The maximum atomic E-state index is 12.6. The molecular formula is C8H6ClFO3. The molecule has 0 aromatic heterocycles. The molecule has 0 amide bonds. The molecule has 0 saturated carbocycles. The van der Waals surface area contributed by atoms with Gasteiger partial charge in [0.1, 0.15) is 5.82 Å². The first kappa shape index (κ1) is 9.95. The number of halogens is 2. The molecule has 1 rings (SSSR count). The average Bonchev–Trinajstić information content (AvgIpc) is 2.08. The number of hydrogen-bond donors (Lipinski definition) is 2. The van der Waals surface area contributed by atoms with Crippen LogP contribution in [-0.4, -0.2) is 16.2 Å². The van der Waals surface area contributed by atoms with Crippen molar-refractivity contribution < 1.29 is 19.4 Å². The Morgan fingerprint density at radius 1 is 1.54 bits per heavy atom. The van der Waals surface area contributed by atoms with Crippen molar-refractivity contribution >= 4 is 17.6 Å². The summed E-state index contributed by atoms with van der Waals surface area (Å²) in [6.45, 7) is 0. The Balaban J connectivity index is 3.03. The normalized spacial score (nSPS) is 12.5. The molecule has 0 radical (unpaired) electrons. The van der Waals surface area contributed by atoms with Gasteiger partial charge in [-0.1, -0.05) is 17.7 Å². The highest BCUT2D eigenvalue weighted by molar-refractivity contribution is 6.30. The Hall–Kier alpha value is -1.13. The average molecular weight is 205 g/mol. The smallest absolute Gasteiger partial charge is 0.337 e. The minimum absolute atomic E-state index is 0.0545. The molecule has 70 valence electrons. The molecule has 1 atom stereocenters. The van der Waals surface area contributed by atoms with Crippen LogP contribution in [0.3, 0.4) is 0 Å². The van der Waals surface area contributed by atoms with E-state index >= 15 is 0 Å². The van der Waals surface area contributed by atoms with E-state index in [0.717, 1.165) is 12.1 Å². The summed E-state index contributed by atoms with van der Waals surface area (Å²) in [7, 11) is 0. The lowest BCUT2D eigenvalue weighted by Crippen LogP contribution is -2.10. The Morgan fingerprint density at radius 3 is 2.62 bits per heavy atom. The summed E-state index contributed by atoms with van der Waals surface area (Å²) in [4.78, 5) is 10.3. The molecule has 0 aliphatic carbocycles. The number of benzene rings is 1. The van der Waals surface area contributed by atoms with E-state index in [2.05, 4.69) is 0 Å². The molecule has 0 fully saturated rings. The van der Waals surface area contributed by atoms with Crippen LogP contribution in [0.4, 0.5) is 4.39 Å². The fourth-order valence-electron chi connectivity index (χ4n) is 0.825. The van der Waals surface area contributed by atoms with Crippen LogP contribution in [-0.2, 0) is 4.79 Å². The lowest BCUT2D eigenvalue weighted by molar-refractivity contribution is -0.146. The summed E-state index contributed by atoms with van der Waals surface area (Å²) in [5.74, 6) is -2.05. The van der Waals surface area contributed by atoms with Crippen molar-refractivity contribution in [2.45, 2.75) is 6.10 Å². The summed E-state index contributed by atoms with van der Waals surface area (Å²) in [6, 6.07) is 3.25.